The van der Waals surface area contributed by atoms with Crippen LogP contribution in [0.25, 0.3) is 0 Å². The summed E-state index contributed by atoms with van der Waals surface area (Å²) in [6, 6.07) is 0. The Morgan fingerprint density at radius 1 is 0.781 bits per heavy atom. The minimum Gasteiger partial charge on any atom is -0.396 e. The van der Waals surface area contributed by atoms with Crippen molar-refractivity contribution in [3.05, 3.63) is 23.3 Å². The first kappa shape index (κ1) is 26.5. The van der Waals surface area contributed by atoms with Gasteiger partial charge in [-0.25, -0.2) is 17.6 Å². The van der Waals surface area contributed by atoms with Gasteiger partial charge in [0.05, 0.1) is 5.57 Å². The zero-order valence-electron chi connectivity index (χ0n) is 17.2. The summed E-state index contributed by atoms with van der Waals surface area (Å²) < 4.78 is 57.1. The third-order valence-corrected chi connectivity index (χ3v) is 3.82. The molecule has 0 fully saturated rings. The van der Waals surface area contributed by atoms with Crippen LogP contribution in [-0.4, -0.2) is 35.3 Å². The molecule has 0 radical (unpaired) electrons. The lowest BCUT2D eigenvalue weighted by Crippen LogP contribution is -2.35. The highest BCUT2D eigenvalue weighted by Gasteiger charge is 2.45. The van der Waals surface area contributed by atoms with Crippen LogP contribution < -0.4 is 0 Å². The van der Waals surface area contributed by atoms with Gasteiger partial charge in [0, 0.05) is 32.1 Å². The molecule has 2 N–H and O–H groups in total. The summed E-state index contributed by atoms with van der Waals surface area (Å²) in [5.41, 5.74) is -4.16. The summed E-state index contributed by atoms with van der Waals surface area (Å²) in [4.78, 5) is 0. The molecule has 0 saturated heterocycles. The van der Waals surface area contributed by atoms with Crippen molar-refractivity contribution in [1.82, 2.24) is 0 Å². The van der Waals surface area contributed by atoms with E-state index in [1.54, 1.807) is 5.92 Å². The summed E-state index contributed by atoms with van der Waals surface area (Å²) in [6.45, 7) is 0.147. The zero-order valence-corrected chi connectivity index (χ0v) is 17.2. The van der Waals surface area contributed by atoms with E-state index in [1.165, 1.54) is 0 Å². The Morgan fingerprint density at radius 3 is 1.88 bits per heavy atom. The second-order valence-corrected chi connectivity index (χ2v) is 6.31. The number of aliphatic hydroxyl groups is 2. The number of rotatable bonds is 6. The molecule has 164 valence electrons. The van der Waals surface area contributed by atoms with Crippen molar-refractivity contribution >= 4 is 0 Å². The van der Waals surface area contributed by atoms with E-state index in [-0.39, 0.29) is 19.3 Å². The molecular weight excluding hydrogens is 420 g/mol. The fourth-order valence-corrected chi connectivity index (χ4v) is 2.18. The van der Waals surface area contributed by atoms with Gasteiger partial charge in [-0.3, -0.25) is 0 Å². The third-order valence-electron chi connectivity index (χ3n) is 3.82. The van der Waals surface area contributed by atoms with Crippen LogP contribution in [-0.2, 0) is 0 Å². The molecule has 0 saturated carbocycles. The van der Waals surface area contributed by atoms with Crippen molar-refractivity contribution in [2.24, 2.45) is 0 Å². The first-order chi connectivity index (χ1) is 15.5. The molecule has 2 unspecified atom stereocenters. The van der Waals surface area contributed by atoms with Gasteiger partial charge in [-0.2, -0.15) is 0 Å². The first-order valence-corrected chi connectivity index (χ1v) is 9.78. The van der Waals surface area contributed by atoms with Crippen LogP contribution in [0.5, 0.6) is 0 Å². The number of hydrogen-bond donors (Lipinski definition) is 2. The van der Waals surface area contributed by atoms with Crippen molar-refractivity contribution in [2.45, 2.75) is 50.4 Å². The molecule has 2 nitrogen and oxygen atoms in total. The molecule has 0 aromatic rings. The van der Waals surface area contributed by atoms with E-state index in [9.17, 15) is 17.6 Å². The molecule has 0 bridgehead atoms. The molecular formula is C26H20F4O2. The van der Waals surface area contributed by atoms with Gasteiger partial charge in [-0.15, -0.1) is 0 Å². The molecule has 32 heavy (non-hydrogen) atoms. The molecule has 1 rings (SSSR count). The van der Waals surface area contributed by atoms with Crippen LogP contribution in [0.2, 0.25) is 0 Å². The molecule has 1 aliphatic carbocycles. The Hall–Kier alpha value is -3.52. The lowest BCUT2D eigenvalue weighted by atomic mass is 9.90. The Labute approximate surface area is 186 Å². The minimum absolute atomic E-state index is 0.0685. The zero-order chi connectivity index (χ0) is 23.7. The van der Waals surface area contributed by atoms with Gasteiger partial charge in [0.25, 0.3) is 0 Å². The molecule has 0 spiro atoms. The highest BCUT2D eigenvalue weighted by molar-refractivity contribution is 5.55. The molecule has 0 aromatic heterocycles. The Bertz CT molecular complexity index is 1100. The van der Waals surface area contributed by atoms with Gasteiger partial charge in [0.15, 0.2) is 5.83 Å². The van der Waals surface area contributed by atoms with E-state index in [2.05, 4.69) is 53.3 Å². The van der Waals surface area contributed by atoms with Crippen LogP contribution in [0.4, 0.5) is 17.6 Å². The number of hydrogen-bond acceptors (Lipinski definition) is 2. The summed E-state index contributed by atoms with van der Waals surface area (Å²) in [5.74, 6) is 24.3. The minimum atomic E-state index is -3.23. The summed E-state index contributed by atoms with van der Waals surface area (Å²) >= 11 is 0. The van der Waals surface area contributed by atoms with Crippen molar-refractivity contribution in [1.29, 1.82) is 0 Å². The van der Waals surface area contributed by atoms with E-state index in [0.717, 1.165) is 0 Å². The lowest BCUT2D eigenvalue weighted by Gasteiger charge is -2.23. The van der Waals surface area contributed by atoms with Gasteiger partial charge in [0.2, 0.25) is 11.8 Å². The standard InChI is InChI=1S/C26H20F4O2/c27-23-21-26(30,18-14-10-6-2-4-8-12-16-20-32)25(29)24(28)22(23)17-13-9-5-1-3-7-11-15-19-31/h21,25,31-32H,7-8,11-12,15-16,19-20H2. The summed E-state index contributed by atoms with van der Waals surface area (Å²) in [5, 5.41) is 17.2. The van der Waals surface area contributed by atoms with E-state index in [1.807, 2.05) is 11.8 Å². The van der Waals surface area contributed by atoms with Crippen molar-refractivity contribution in [3.8, 4) is 71.0 Å². The first-order valence-electron chi connectivity index (χ1n) is 9.78. The SMILES string of the molecule is OCCCCC#CC#CC#CC1=C(F)C(F)C(F)(C#CC#CC#CCCCCO)C=C1F. The predicted octanol–water partition coefficient (Wildman–Crippen LogP) is 3.47. The number of allylic oxidation sites excluding steroid dienone is 4. The highest BCUT2D eigenvalue weighted by atomic mass is 19.2. The van der Waals surface area contributed by atoms with Crippen LogP contribution in [0.15, 0.2) is 23.3 Å². The molecule has 0 aliphatic heterocycles. The average Bonchev–Trinajstić information content (AvgIpc) is 2.77. The quantitative estimate of drug-likeness (QED) is 0.377. The van der Waals surface area contributed by atoms with Crippen molar-refractivity contribution in [2.75, 3.05) is 13.2 Å². The normalized spacial score (nSPS) is 18.3. The number of aliphatic hydroxyl groups excluding tert-OH is 2. The topological polar surface area (TPSA) is 40.5 Å². The van der Waals surface area contributed by atoms with Gasteiger partial charge in [-0.1, -0.05) is 11.8 Å². The second kappa shape index (κ2) is 15.3. The van der Waals surface area contributed by atoms with E-state index < -0.39 is 29.1 Å². The maximum Gasteiger partial charge on any atom is 0.230 e. The van der Waals surface area contributed by atoms with Gasteiger partial charge in [-0.05, 0) is 84.9 Å². The molecule has 2 atom stereocenters. The maximum atomic E-state index is 14.6. The lowest BCUT2D eigenvalue weighted by molar-refractivity contribution is 0.147. The Morgan fingerprint density at radius 2 is 1.31 bits per heavy atom. The second-order valence-electron chi connectivity index (χ2n) is 6.31. The number of alkyl halides is 2. The van der Waals surface area contributed by atoms with Crippen LogP contribution in [0.1, 0.15) is 38.5 Å². The smallest absolute Gasteiger partial charge is 0.230 e. The number of halogens is 4. The third kappa shape index (κ3) is 9.53. The summed E-state index contributed by atoms with van der Waals surface area (Å²) in [7, 11) is 0. The predicted molar refractivity (Wildman–Crippen MR) is 115 cm³/mol. The van der Waals surface area contributed by atoms with Crippen molar-refractivity contribution < 1.29 is 27.8 Å². The molecule has 0 amide bonds. The van der Waals surface area contributed by atoms with Crippen LogP contribution in [0, 0.1) is 71.0 Å². The van der Waals surface area contributed by atoms with E-state index in [4.69, 9.17) is 10.2 Å². The highest BCUT2D eigenvalue weighted by Crippen LogP contribution is 2.37. The molecule has 6 heteroatoms. The van der Waals surface area contributed by atoms with Gasteiger partial charge < -0.3 is 10.2 Å². The monoisotopic (exact) mass is 440 g/mol. The van der Waals surface area contributed by atoms with Gasteiger partial charge >= 0.3 is 0 Å². The van der Waals surface area contributed by atoms with Gasteiger partial charge in [0.1, 0.15) is 5.83 Å². The fourth-order valence-electron chi connectivity index (χ4n) is 2.18. The molecule has 0 heterocycles. The molecule has 0 aromatic carbocycles. The Kier molecular flexibility index (Phi) is 12.7. The maximum absolute atomic E-state index is 14.6. The van der Waals surface area contributed by atoms with E-state index >= 15 is 0 Å². The largest absolute Gasteiger partial charge is 0.396 e. The number of unbranched alkanes of at least 4 members (excludes halogenated alkanes) is 4. The van der Waals surface area contributed by atoms with Crippen LogP contribution in [0.3, 0.4) is 0 Å². The van der Waals surface area contributed by atoms with Crippen molar-refractivity contribution in [3.63, 3.8) is 0 Å². The Balaban J connectivity index is 2.82. The van der Waals surface area contributed by atoms with E-state index in [0.29, 0.717) is 38.5 Å². The fraction of sp³-hybridized carbons (Fsp3) is 0.385. The van der Waals surface area contributed by atoms with Crippen LogP contribution >= 0.6 is 0 Å². The average molecular weight is 440 g/mol. The molecule has 1 aliphatic rings. The summed E-state index contributed by atoms with van der Waals surface area (Å²) in [6.07, 6.45) is 1.03.